The third-order valence-electron chi connectivity index (χ3n) is 4.59. The fourth-order valence-corrected chi connectivity index (χ4v) is 2.88. The van der Waals surface area contributed by atoms with Crippen LogP contribution in [0, 0.1) is 22.6 Å². The first-order valence-electron chi connectivity index (χ1n) is 7.35. The molecule has 112 valence electrons. The van der Waals surface area contributed by atoms with E-state index >= 15 is 0 Å². The summed E-state index contributed by atoms with van der Waals surface area (Å²) in [6.07, 6.45) is 4.30. The lowest BCUT2D eigenvalue weighted by Crippen LogP contribution is -2.40. The summed E-state index contributed by atoms with van der Waals surface area (Å²) in [5.41, 5.74) is 1.70. The fraction of sp³-hybridized carbons (Fsp3) is 0.471. The van der Waals surface area contributed by atoms with E-state index in [9.17, 15) is 9.50 Å². The van der Waals surface area contributed by atoms with E-state index in [1.807, 2.05) is 0 Å². The first kappa shape index (κ1) is 15.5. The average Bonchev–Trinajstić information content (AvgIpc) is 2.54. The van der Waals surface area contributed by atoms with Gasteiger partial charge in [-0.15, -0.1) is 0 Å². The minimum Gasteiger partial charge on any atom is -0.396 e. The molecule has 0 aromatic heterocycles. The first-order valence-corrected chi connectivity index (χ1v) is 7.35. The minimum atomic E-state index is -0.279. The van der Waals surface area contributed by atoms with Gasteiger partial charge < -0.3 is 10.0 Å². The Kier molecular flexibility index (Phi) is 4.98. The molecule has 1 aromatic rings. The van der Waals surface area contributed by atoms with Crippen molar-refractivity contribution >= 4 is 5.70 Å². The van der Waals surface area contributed by atoms with Crippen molar-refractivity contribution in [1.29, 1.82) is 5.26 Å². The molecule has 2 rings (SSSR count). The molecule has 1 heterocycles. The molecule has 1 N–H and O–H groups in total. The Balaban J connectivity index is 2.17. The second-order valence-electron chi connectivity index (χ2n) is 5.66. The minimum absolute atomic E-state index is 0.0110. The lowest BCUT2D eigenvalue weighted by molar-refractivity contribution is 0.0590. The Hall–Kier alpha value is -1.86. The van der Waals surface area contributed by atoms with E-state index in [1.165, 1.54) is 18.2 Å². The Labute approximate surface area is 125 Å². The molecule has 0 aliphatic carbocycles. The molecule has 0 bridgehead atoms. The number of halogens is 1. The Bertz CT molecular complexity index is 531. The third kappa shape index (κ3) is 3.43. The maximum Gasteiger partial charge on any atom is 0.123 e. The van der Waals surface area contributed by atoms with Crippen LogP contribution in [-0.4, -0.2) is 29.7 Å². The fourth-order valence-electron chi connectivity index (χ4n) is 2.88. The molecule has 1 fully saturated rings. The summed E-state index contributed by atoms with van der Waals surface area (Å²) in [4.78, 5) is 2.15. The SMILES string of the molecule is CCC1(CO)CCN(/C(=C/C#N)c2ccc(F)cc2)CC1. The zero-order valence-electron chi connectivity index (χ0n) is 12.3. The highest BCUT2D eigenvalue weighted by Crippen LogP contribution is 2.36. The van der Waals surface area contributed by atoms with Crippen LogP contribution in [0.1, 0.15) is 31.7 Å². The van der Waals surface area contributed by atoms with Crippen molar-refractivity contribution in [2.45, 2.75) is 26.2 Å². The van der Waals surface area contributed by atoms with Gasteiger partial charge >= 0.3 is 0 Å². The maximum absolute atomic E-state index is 13.0. The van der Waals surface area contributed by atoms with E-state index in [0.717, 1.165) is 43.6 Å². The number of hydrogen-bond acceptors (Lipinski definition) is 3. The molecule has 1 aliphatic heterocycles. The third-order valence-corrected chi connectivity index (χ3v) is 4.59. The zero-order valence-corrected chi connectivity index (χ0v) is 12.3. The average molecular weight is 288 g/mol. The van der Waals surface area contributed by atoms with Crippen molar-refractivity contribution < 1.29 is 9.50 Å². The van der Waals surface area contributed by atoms with Crippen molar-refractivity contribution in [3.05, 3.63) is 41.7 Å². The highest BCUT2D eigenvalue weighted by Gasteiger charge is 2.33. The second-order valence-corrected chi connectivity index (χ2v) is 5.66. The van der Waals surface area contributed by atoms with E-state index in [-0.39, 0.29) is 17.8 Å². The van der Waals surface area contributed by atoms with Gasteiger partial charge in [0.05, 0.1) is 11.8 Å². The highest BCUT2D eigenvalue weighted by atomic mass is 19.1. The Morgan fingerprint density at radius 1 is 1.38 bits per heavy atom. The van der Waals surface area contributed by atoms with Crippen LogP contribution in [0.15, 0.2) is 30.3 Å². The molecule has 1 saturated heterocycles. The predicted octanol–water partition coefficient (Wildman–Crippen LogP) is 3.17. The van der Waals surface area contributed by atoms with E-state index < -0.39 is 0 Å². The maximum atomic E-state index is 13.0. The van der Waals surface area contributed by atoms with Crippen LogP contribution in [0.4, 0.5) is 4.39 Å². The number of likely N-dealkylation sites (tertiary alicyclic amines) is 1. The van der Waals surface area contributed by atoms with E-state index in [0.29, 0.717) is 0 Å². The highest BCUT2D eigenvalue weighted by molar-refractivity contribution is 5.66. The molecule has 0 spiro atoms. The van der Waals surface area contributed by atoms with Crippen molar-refractivity contribution in [2.75, 3.05) is 19.7 Å². The topological polar surface area (TPSA) is 47.3 Å². The number of nitrogens with zero attached hydrogens (tertiary/aromatic N) is 2. The number of hydrogen-bond donors (Lipinski definition) is 1. The lowest BCUT2D eigenvalue weighted by atomic mass is 9.77. The second kappa shape index (κ2) is 6.73. The van der Waals surface area contributed by atoms with Crippen LogP contribution in [-0.2, 0) is 0 Å². The van der Waals surface area contributed by atoms with Gasteiger partial charge in [0.15, 0.2) is 0 Å². The molecule has 3 nitrogen and oxygen atoms in total. The molecule has 1 aliphatic rings. The summed E-state index contributed by atoms with van der Waals surface area (Å²) in [6, 6.07) is 8.30. The van der Waals surface area contributed by atoms with Crippen LogP contribution in [0.25, 0.3) is 5.70 Å². The molecule has 0 unspecified atom stereocenters. The van der Waals surface area contributed by atoms with E-state index in [1.54, 1.807) is 12.1 Å². The van der Waals surface area contributed by atoms with Crippen molar-refractivity contribution in [2.24, 2.45) is 5.41 Å². The number of aliphatic hydroxyl groups is 1. The number of piperidine rings is 1. The number of benzene rings is 1. The van der Waals surface area contributed by atoms with Gasteiger partial charge in [-0.1, -0.05) is 6.92 Å². The summed E-state index contributed by atoms with van der Waals surface area (Å²) in [5, 5.41) is 18.6. The lowest BCUT2D eigenvalue weighted by Gasteiger charge is -2.42. The van der Waals surface area contributed by atoms with Crippen molar-refractivity contribution in [1.82, 2.24) is 4.90 Å². The largest absolute Gasteiger partial charge is 0.396 e. The first-order chi connectivity index (χ1) is 10.1. The molecule has 21 heavy (non-hydrogen) atoms. The molecule has 0 saturated carbocycles. The van der Waals surface area contributed by atoms with Crippen molar-refractivity contribution in [3.8, 4) is 6.07 Å². The quantitative estimate of drug-likeness (QED) is 0.866. The molecule has 0 amide bonds. The number of allylic oxidation sites excluding steroid dienone is 1. The summed E-state index contributed by atoms with van der Waals surface area (Å²) < 4.78 is 13.0. The van der Waals surface area contributed by atoms with E-state index in [4.69, 9.17) is 5.26 Å². The van der Waals surface area contributed by atoms with Crippen LogP contribution in [0.3, 0.4) is 0 Å². The Morgan fingerprint density at radius 3 is 2.48 bits per heavy atom. The predicted molar refractivity (Wildman–Crippen MR) is 80.6 cm³/mol. The molecule has 4 heteroatoms. The number of aliphatic hydroxyl groups excluding tert-OH is 1. The number of nitriles is 1. The van der Waals surface area contributed by atoms with Gasteiger partial charge in [-0.25, -0.2) is 4.39 Å². The standard InChI is InChI=1S/C17H21FN2O/c1-2-17(13-21)8-11-20(12-9-17)16(7-10-19)14-3-5-15(18)6-4-14/h3-7,21H,2,8-9,11-13H2,1H3/b16-7+. The van der Waals surface area contributed by atoms with Gasteiger partial charge in [0, 0.05) is 25.8 Å². The van der Waals surface area contributed by atoms with Gasteiger partial charge in [0.2, 0.25) is 0 Å². The van der Waals surface area contributed by atoms with Gasteiger partial charge in [-0.2, -0.15) is 5.26 Å². The molecule has 0 radical (unpaired) electrons. The Morgan fingerprint density at radius 2 is 2.00 bits per heavy atom. The van der Waals surface area contributed by atoms with E-state index in [2.05, 4.69) is 17.9 Å². The number of rotatable bonds is 4. The summed E-state index contributed by atoms with van der Waals surface area (Å²) in [5.74, 6) is -0.279. The van der Waals surface area contributed by atoms with Gasteiger partial charge in [-0.05, 0) is 54.5 Å². The normalized spacial score (nSPS) is 18.4. The molecule has 0 atom stereocenters. The van der Waals surface area contributed by atoms with Gasteiger partial charge in [0.25, 0.3) is 0 Å². The van der Waals surface area contributed by atoms with Gasteiger partial charge in [0.1, 0.15) is 5.82 Å². The van der Waals surface area contributed by atoms with Crippen LogP contribution < -0.4 is 0 Å². The molecule has 1 aromatic carbocycles. The summed E-state index contributed by atoms with van der Waals surface area (Å²) >= 11 is 0. The van der Waals surface area contributed by atoms with Gasteiger partial charge in [-0.3, -0.25) is 0 Å². The van der Waals surface area contributed by atoms with Crippen LogP contribution in [0.2, 0.25) is 0 Å². The molecular weight excluding hydrogens is 267 g/mol. The zero-order chi connectivity index (χ0) is 15.3. The summed E-state index contributed by atoms with van der Waals surface area (Å²) in [7, 11) is 0. The molecular formula is C17H21FN2O. The summed E-state index contributed by atoms with van der Waals surface area (Å²) in [6.45, 7) is 3.93. The monoisotopic (exact) mass is 288 g/mol. The van der Waals surface area contributed by atoms with Crippen LogP contribution in [0.5, 0.6) is 0 Å². The van der Waals surface area contributed by atoms with Crippen molar-refractivity contribution in [3.63, 3.8) is 0 Å². The van der Waals surface area contributed by atoms with Crippen LogP contribution >= 0.6 is 0 Å². The smallest absolute Gasteiger partial charge is 0.123 e.